The molecule has 8 rings (SSSR count). The Morgan fingerprint density at radius 1 is 0.415 bits per heavy atom. The standard InChI is InChI=1S/C81H102B7IN6O26S9/c1-80(2)68(94(22-10-24-129(108,109)110)58-28-46(72(96)90-18-6-13-53-62(116-40-123-83)32-49(77(102)103)33-63(53)117-41-124-84)26-56(70(58)80)74(98)92-20-8-12-52-60(114-38-89)30-48(76(100)101)31-61(52)115-39-122-82)16-5-17-69-81(3,4)71-57(75(99)93-21-9-15-55-66(120-44-127-87)36-51(79(106)107)37-67(55)121-45-128-88)27-47(29-59(71)95(69)23-11-25-130(111,112)113)73(97)91-19-7-14-54-64(118-42-125-85)34-50(78(104)105)35-65(54)119-43-126-86/h5,16-17,26-37H,6-15,18-25,38-45,82-88H2,1-4H3,(H9-,90,91,92,93,96,97,98,99,100,101,102,103,104,105,106,107,108,109,110,111,112,113)/p+1. The second-order valence-electron chi connectivity index (χ2n) is 30.5. The van der Waals surface area contributed by atoms with Gasteiger partial charge in [0.1, 0.15) is 98.7 Å². The highest BCUT2D eigenvalue weighted by Gasteiger charge is 2.49. The van der Waals surface area contributed by atoms with Crippen molar-refractivity contribution in [2.24, 2.45) is 0 Å². The zero-order chi connectivity index (χ0) is 95.2. The Hall–Kier alpha value is -8.12. The highest BCUT2D eigenvalue weighted by molar-refractivity contribution is 14.1. The van der Waals surface area contributed by atoms with E-state index in [0.717, 1.165) is 0 Å². The molecule has 6 aromatic carbocycles. The van der Waals surface area contributed by atoms with E-state index in [4.69, 9.17) is 37.9 Å². The minimum absolute atomic E-state index is 0.00346. The van der Waals surface area contributed by atoms with Gasteiger partial charge in [0.2, 0.25) is 5.69 Å². The van der Waals surface area contributed by atoms with Gasteiger partial charge in [-0.15, -0.1) is 0 Å². The molecule has 10 N–H and O–H groups in total. The molecular weight excluding hydrogens is 1960 g/mol. The molecule has 2 heterocycles. The van der Waals surface area contributed by atoms with Crippen LogP contribution in [0.25, 0.3) is 0 Å². The first-order valence-corrected chi connectivity index (χ1v) is 55.3. The number of hydrogen-bond donors (Lipinski definition) is 10. The van der Waals surface area contributed by atoms with E-state index in [1.165, 1.54) is 142 Å². The molecule has 694 valence electrons. The lowest BCUT2D eigenvalue weighted by Gasteiger charge is -2.27. The molecule has 32 nitrogen and oxygen atoms in total. The van der Waals surface area contributed by atoms with E-state index in [-0.39, 0.29) is 240 Å². The van der Waals surface area contributed by atoms with Gasteiger partial charge in [-0.3, -0.25) is 28.3 Å². The zero-order valence-corrected chi connectivity index (χ0v) is 83.3. The molecule has 0 atom stereocenters. The molecule has 2 aliphatic rings. The lowest BCUT2D eigenvalue weighted by atomic mass is 9.78. The molecule has 0 spiro atoms. The number of nitrogens with one attached hydrogen (secondary N) is 4. The molecule has 0 aromatic heterocycles. The number of alkyl halides is 1. The second-order valence-corrected chi connectivity index (χ2v) is 40.0. The fourth-order valence-electron chi connectivity index (χ4n) is 15.1. The number of hydrogen-bond acceptors (Lipinski definition) is 28. The first kappa shape index (κ1) is 107. The maximum Gasteiger partial charge on any atom is 0.335 e. The maximum absolute atomic E-state index is 15.5. The average Bonchev–Trinajstić information content (AvgIpc) is 1.58. The van der Waals surface area contributed by atoms with Gasteiger partial charge < -0.3 is 84.5 Å². The molecular formula is C81H103B7IN6O26S9+. The third-order valence-corrected chi connectivity index (χ3v) is 25.2. The SMILES string of the molecule is BSCOc1cc(C(=O)O)cc(OCI)c1CCCNC(=O)c1cc(C(=O)NCCCc2c(OCSB)cc(C(=O)O)cc2OCSB)cc2c1C(C)(C)/C(=C\C=C\C1=[N+](CCCS(=O)(=O)O)c3cc(C(=O)NCCCc4c(OCSB)cc(C(=O)O)cc4OCSB)cc(C(=O)NCCCc4c(OCSB)cc(C(=O)O)cc4OCSB)c3C1(C)C)N2CCCS(=O)(=O)O. The molecule has 2 aliphatic heterocycles. The van der Waals surface area contributed by atoms with E-state index in [2.05, 4.69) is 21.3 Å². The van der Waals surface area contributed by atoms with Crippen LogP contribution in [-0.2, 0) is 56.7 Å². The molecule has 0 bridgehead atoms. The predicted octanol–water partition coefficient (Wildman–Crippen LogP) is 7.19. The number of fused-ring (bicyclic) bond motifs is 2. The van der Waals surface area contributed by atoms with E-state index >= 15 is 14.4 Å². The number of nitrogens with zero attached hydrogens (tertiary/aromatic N) is 2. The van der Waals surface area contributed by atoms with Crippen LogP contribution in [0.15, 0.2) is 96.7 Å². The van der Waals surface area contributed by atoms with Crippen molar-refractivity contribution in [2.75, 3.05) is 102 Å². The Morgan fingerprint density at radius 3 is 1.04 bits per heavy atom. The summed E-state index contributed by atoms with van der Waals surface area (Å²) in [5.74, 6) is -5.18. The minimum atomic E-state index is -4.60. The lowest BCUT2D eigenvalue weighted by molar-refractivity contribution is -0.437. The molecule has 0 fully saturated rings. The van der Waals surface area contributed by atoms with Gasteiger partial charge in [-0.05, 0) is 167 Å². The molecule has 130 heavy (non-hydrogen) atoms. The summed E-state index contributed by atoms with van der Waals surface area (Å²) in [4.78, 5) is 112. The molecule has 6 aromatic rings. The van der Waals surface area contributed by atoms with Crippen molar-refractivity contribution in [1.82, 2.24) is 21.3 Å². The Kier molecular flexibility index (Phi) is 42.4. The number of ether oxygens (including phenoxy) is 8. The summed E-state index contributed by atoms with van der Waals surface area (Å²) in [5.41, 5.74) is 1.92. The maximum atomic E-state index is 15.5. The van der Waals surface area contributed by atoms with Crippen LogP contribution in [0.1, 0.15) is 182 Å². The summed E-state index contributed by atoms with van der Waals surface area (Å²) in [6.45, 7) is 7.15. The normalized spacial score (nSPS) is 13.4. The number of amides is 4. The predicted molar refractivity (Wildman–Crippen MR) is 543 cm³/mol. The topological polar surface area (TPSA) is 454 Å². The third kappa shape index (κ3) is 29.7. The second kappa shape index (κ2) is 51.4. The van der Waals surface area contributed by atoms with Crippen molar-refractivity contribution >= 4 is 239 Å². The van der Waals surface area contributed by atoms with Crippen LogP contribution in [0.2, 0.25) is 0 Å². The lowest BCUT2D eigenvalue weighted by Crippen LogP contribution is -2.32. The van der Waals surface area contributed by atoms with Gasteiger partial charge in [-0.1, -0.05) is 19.9 Å². The Balaban J connectivity index is 1.25. The number of rotatable bonds is 57. The number of benzene rings is 6. The van der Waals surface area contributed by atoms with Crippen LogP contribution in [0.5, 0.6) is 46.0 Å². The smallest absolute Gasteiger partial charge is 0.335 e. The van der Waals surface area contributed by atoms with Gasteiger partial charge in [0, 0.05) is 113 Å². The molecule has 49 heteroatoms. The van der Waals surface area contributed by atoms with Gasteiger partial charge in [0.05, 0.1) is 50.3 Å². The van der Waals surface area contributed by atoms with Crippen LogP contribution in [0.4, 0.5) is 11.4 Å². The summed E-state index contributed by atoms with van der Waals surface area (Å²) >= 11 is 11.6. The van der Waals surface area contributed by atoms with Crippen LogP contribution in [0, 0.1) is 0 Å². The van der Waals surface area contributed by atoms with Crippen molar-refractivity contribution < 1.29 is 127 Å². The number of halogens is 1. The quantitative estimate of drug-likeness (QED) is 0.00343. The highest BCUT2D eigenvalue weighted by Crippen LogP contribution is 2.51. The zero-order valence-electron chi connectivity index (χ0n) is 73.8. The van der Waals surface area contributed by atoms with Crippen LogP contribution in [-0.4, -0.2) is 251 Å². The number of carbonyl (C=O) groups excluding carboxylic acids is 4. The van der Waals surface area contributed by atoms with Crippen molar-refractivity contribution in [3.05, 3.63) is 175 Å². The fraction of sp³-hybridized carbons (Fsp3) is 0.395. The Morgan fingerprint density at radius 2 is 0.723 bits per heavy atom. The van der Waals surface area contributed by atoms with Crippen LogP contribution in [0.3, 0.4) is 0 Å². The van der Waals surface area contributed by atoms with Crippen molar-refractivity contribution in [1.29, 1.82) is 0 Å². The third-order valence-electron chi connectivity index (χ3n) is 20.8. The summed E-state index contributed by atoms with van der Waals surface area (Å²) in [6, 6.07) is 17.4. The van der Waals surface area contributed by atoms with E-state index < -0.39 is 90.1 Å². The Labute approximate surface area is 805 Å². The monoisotopic (exact) mass is 2070 g/mol. The van der Waals surface area contributed by atoms with E-state index in [1.54, 1.807) is 39.8 Å². The number of anilines is 1. The average molecular weight is 2070 g/mol. The van der Waals surface area contributed by atoms with E-state index in [1.807, 2.05) is 100 Å². The largest absolute Gasteiger partial charge is 0.484 e. The first-order valence-electron chi connectivity index (χ1n) is 40.8. The summed E-state index contributed by atoms with van der Waals surface area (Å²) in [6.07, 6.45) is 6.77. The summed E-state index contributed by atoms with van der Waals surface area (Å²) in [5, 5.41) is 52.3. The van der Waals surface area contributed by atoms with Crippen molar-refractivity contribution in [3.8, 4) is 46.0 Å². The fourth-order valence-corrected chi connectivity index (χ4v) is 18.1. The van der Waals surface area contributed by atoms with Gasteiger partial charge in [-0.25, -0.2) is 19.2 Å². The van der Waals surface area contributed by atoms with Gasteiger partial charge in [-0.2, -0.15) is 103 Å². The summed E-state index contributed by atoms with van der Waals surface area (Å²) < 4.78 is 121. The van der Waals surface area contributed by atoms with Crippen LogP contribution < -0.4 is 64.1 Å². The number of aromatic carboxylic acids is 4. The number of carbonyl (C=O) groups is 8. The molecule has 0 radical (unpaired) electrons. The van der Waals surface area contributed by atoms with Gasteiger partial charge in [0.25, 0.3) is 43.9 Å². The highest BCUT2D eigenvalue weighted by atomic mass is 127. The number of allylic oxidation sites excluding steroid dienone is 4. The van der Waals surface area contributed by atoms with Crippen molar-refractivity contribution in [2.45, 2.75) is 103 Å². The molecule has 4 amide bonds. The van der Waals surface area contributed by atoms with E-state index in [9.17, 15) is 70.3 Å². The minimum Gasteiger partial charge on any atom is -0.484 e. The van der Waals surface area contributed by atoms with Crippen LogP contribution >= 0.6 is 104 Å². The first-order chi connectivity index (χ1) is 61.9. The van der Waals surface area contributed by atoms with Gasteiger partial charge in [0.15, 0.2) is 55.6 Å². The molecule has 0 saturated heterocycles. The number of carboxylic acid groups (broad SMARTS) is 4. The summed E-state index contributed by atoms with van der Waals surface area (Å²) in [7, 11) is 3.54. The molecule has 0 aliphatic carbocycles. The van der Waals surface area contributed by atoms with Gasteiger partial charge >= 0.3 is 23.9 Å². The van der Waals surface area contributed by atoms with Crippen molar-refractivity contribution in [3.63, 3.8) is 0 Å². The molecule has 0 unspecified atom stereocenters. The molecule has 0 saturated carbocycles. The van der Waals surface area contributed by atoms with E-state index in [0.29, 0.717) is 56.2 Å². The Bertz CT molecular complexity index is 5390. The number of carboxylic acids is 4.